The molecule has 0 saturated carbocycles. The van der Waals surface area contributed by atoms with Crippen molar-refractivity contribution in [1.82, 2.24) is 9.78 Å². The Labute approximate surface area is 114 Å². The van der Waals surface area contributed by atoms with Crippen LogP contribution in [-0.4, -0.2) is 16.3 Å². The largest absolute Gasteiger partial charge is 0.369 e. The number of aryl methyl sites for hydroxylation is 2. The van der Waals surface area contributed by atoms with E-state index in [4.69, 9.17) is 5.10 Å². The van der Waals surface area contributed by atoms with Crippen LogP contribution in [0.3, 0.4) is 0 Å². The molecule has 0 spiro atoms. The van der Waals surface area contributed by atoms with Gasteiger partial charge in [0.05, 0.1) is 11.4 Å². The molecular formula is C16H21N3. The molecule has 0 fully saturated rings. The fraction of sp³-hybridized carbons (Fsp3) is 0.438. The van der Waals surface area contributed by atoms with Gasteiger partial charge in [0.25, 0.3) is 0 Å². The van der Waals surface area contributed by atoms with E-state index in [1.165, 1.54) is 33.9 Å². The summed E-state index contributed by atoms with van der Waals surface area (Å²) < 4.78 is 2.11. The first-order valence-electron chi connectivity index (χ1n) is 7.13. The van der Waals surface area contributed by atoms with E-state index in [1.54, 1.807) is 0 Å². The molecule has 0 atom stereocenters. The summed E-state index contributed by atoms with van der Waals surface area (Å²) in [6.07, 6.45) is 3.33. The van der Waals surface area contributed by atoms with Crippen LogP contribution < -0.4 is 5.32 Å². The van der Waals surface area contributed by atoms with E-state index >= 15 is 0 Å². The molecule has 3 heteroatoms. The molecule has 0 radical (unpaired) electrons. The van der Waals surface area contributed by atoms with Gasteiger partial charge >= 0.3 is 0 Å². The van der Waals surface area contributed by atoms with E-state index < -0.39 is 0 Å². The lowest BCUT2D eigenvalue weighted by molar-refractivity contribution is 0.792. The fourth-order valence-corrected chi connectivity index (χ4v) is 2.82. The van der Waals surface area contributed by atoms with Gasteiger partial charge in [-0.3, -0.25) is 0 Å². The fourth-order valence-electron chi connectivity index (χ4n) is 2.82. The maximum absolute atomic E-state index is 4.85. The molecule has 0 unspecified atom stereocenters. The second-order valence-corrected chi connectivity index (χ2v) is 5.33. The average molecular weight is 255 g/mol. The van der Waals surface area contributed by atoms with E-state index in [-0.39, 0.29) is 0 Å². The van der Waals surface area contributed by atoms with Crippen molar-refractivity contribution >= 4 is 5.82 Å². The lowest BCUT2D eigenvalue weighted by Gasteiger charge is -2.11. The highest BCUT2D eigenvalue weighted by atomic mass is 15.3. The summed E-state index contributed by atoms with van der Waals surface area (Å²) in [5.74, 6) is 1.21. The number of fused-ring (bicyclic) bond motifs is 1. The van der Waals surface area contributed by atoms with Crippen molar-refractivity contribution in [2.45, 2.75) is 40.0 Å². The van der Waals surface area contributed by atoms with Crippen LogP contribution in [0.15, 0.2) is 18.2 Å². The topological polar surface area (TPSA) is 29.9 Å². The third-order valence-corrected chi connectivity index (χ3v) is 4.03. The Morgan fingerprint density at radius 2 is 2.16 bits per heavy atom. The first kappa shape index (κ1) is 12.3. The Bertz CT molecular complexity index is 611. The number of benzene rings is 1. The predicted octanol–water partition coefficient (Wildman–Crippen LogP) is 3.41. The number of nitrogens with one attached hydrogen (secondary N) is 1. The van der Waals surface area contributed by atoms with Crippen molar-refractivity contribution in [2.24, 2.45) is 0 Å². The molecule has 1 aliphatic heterocycles. The summed E-state index contributed by atoms with van der Waals surface area (Å²) in [7, 11) is 0. The van der Waals surface area contributed by atoms with Gasteiger partial charge in [-0.1, -0.05) is 25.5 Å². The number of rotatable bonds is 3. The first-order valence-corrected chi connectivity index (χ1v) is 7.13. The number of hydrogen-bond donors (Lipinski definition) is 1. The number of nitrogens with zero attached hydrogens (tertiary/aromatic N) is 2. The van der Waals surface area contributed by atoms with Gasteiger partial charge < -0.3 is 5.32 Å². The summed E-state index contributed by atoms with van der Waals surface area (Å²) in [5.41, 5.74) is 6.51. The van der Waals surface area contributed by atoms with Gasteiger partial charge in [-0.2, -0.15) is 5.10 Å². The highest BCUT2D eigenvalue weighted by Gasteiger charge is 2.23. The average Bonchev–Trinajstić information content (AvgIpc) is 2.97. The highest BCUT2D eigenvalue weighted by molar-refractivity contribution is 5.59. The van der Waals surface area contributed by atoms with E-state index in [0.29, 0.717) is 0 Å². The van der Waals surface area contributed by atoms with Crippen molar-refractivity contribution in [3.63, 3.8) is 0 Å². The Morgan fingerprint density at radius 3 is 2.95 bits per heavy atom. The molecule has 3 rings (SSSR count). The smallest absolute Gasteiger partial charge is 0.133 e. The number of anilines is 1. The normalized spacial score (nSPS) is 13.4. The van der Waals surface area contributed by atoms with Crippen molar-refractivity contribution in [3.8, 4) is 5.69 Å². The second-order valence-electron chi connectivity index (χ2n) is 5.33. The van der Waals surface area contributed by atoms with Crippen LogP contribution in [0.5, 0.6) is 0 Å². The molecule has 3 nitrogen and oxygen atoms in total. The van der Waals surface area contributed by atoms with Crippen molar-refractivity contribution in [1.29, 1.82) is 0 Å². The molecule has 0 bridgehead atoms. The molecule has 0 aliphatic carbocycles. The maximum Gasteiger partial charge on any atom is 0.133 e. The van der Waals surface area contributed by atoms with Crippen molar-refractivity contribution in [3.05, 3.63) is 40.6 Å². The number of hydrogen-bond acceptors (Lipinski definition) is 2. The molecule has 0 amide bonds. The van der Waals surface area contributed by atoms with E-state index in [2.05, 4.69) is 49.0 Å². The third kappa shape index (κ3) is 1.93. The van der Waals surface area contributed by atoms with Gasteiger partial charge in [-0.25, -0.2) is 4.68 Å². The summed E-state index contributed by atoms with van der Waals surface area (Å²) in [6.45, 7) is 7.58. The van der Waals surface area contributed by atoms with Gasteiger partial charge in [-0.15, -0.1) is 0 Å². The SMILES string of the molecule is CCCc1nn(-c2cccc(C)c2C)c2c1CCN2. The molecule has 1 aromatic heterocycles. The minimum absolute atomic E-state index is 1.04. The summed E-state index contributed by atoms with van der Waals surface area (Å²) in [6, 6.07) is 6.43. The van der Waals surface area contributed by atoms with Gasteiger partial charge in [0.2, 0.25) is 0 Å². The predicted molar refractivity (Wildman–Crippen MR) is 79.2 cm³/mol. The zero-order valence-electron chi connectivity index (χ0n) is 12.0. The Morgan fingerprint density at radius 1 is 1.32 bits per heavy atom. The van der Waals surface area contributed by atoms with E-state index in [9.17, 15) is 0 Å². The third-order valence-electron chi connectivity index (χ3n) is 4.03. The van der Waals surface area contributed by atoms with Crippen LogP contribution in [0, 0.1) is 13.8 Å². The first-order chi connectivity index (χ1) is 9.22. The highest BCUT2D eigenvalue weighted by Crippen LogP contribution is 2.30. The minimum atomic E-state index is 1.04. The Balaban J connectivity index is 2.15. The zero-order valence-corrected chi connectivity index (χ0v) is 12.0. The van der Waals surface area contributed by atoms with Gasteiger partial charge in [-0.05, 0) is 43.9 Å². The Hall–Kier alpha value is -1.77. The molecule has 1 N–H and O–H groups in total. The molecule has 100 valence electrons. The lowest BCUT2D eigenvalue weighted by Crippen LogP contribution is -2.06. The zero-order chi connectivity index (χ0) is 13.4. The standard InChI is InChI=1S/C16H21N3/c1-4-6-14-13-9-10-17-16(13)19(18-14)15-8-5-7-11(2)12(15)3/h5,7-8,17H,4,6,9-10H2,1-3H3. The van der Waals surface area contributed by atoms with Crippen LogP contribution >= 0.6 is 0 Å². The minimum Gasteiger partial charge on any atom is -0.369 e. The summed E-state index contributed by atoms with van der Waals surface area (Å²) in [5, 5.41) is 8.34. The second kappa shape index (κ2) is 4.72. The van der Waals surface area contributed by atoms with Crippen LogP contribution in [0.1, 0.15) is 35.7 Å². The molecular weight excluding hydrogens is 234 g/mol. The monoisotopic (exact) mass is 255 g/mol. The van der Waals surface area contributed by atoms with Crippen molar-refractivity contribution in [2.75, 3.05) is 11.9 Å². The van der Waals surface area contributed by atoms with Crippen LogP contribution in [0.25, 0.3) is 5.69 Å². The lowest BCUT2D eigenvalue weighted by atomic mass is 10.1. The quantitative estimate of drug-likeness (QED) is 0.911. The molecule has 1 aliphatic rings. The van der Waals surface area contributed by atoms with Crippen LogP contribution in [-0.2, 0) is 12.8 Å². The van der Waals surface area contributed by atoms with E-state index in [0.717, 1.165) is 25.8 Å². The van der Waals surface area contributed by atoms with Gasteiger partial charge in [0, 0.05) is 12.1 Å². The summed E-state index contributed by atoms with van der Waals surface area (Å²) >= 11 is 0. The van der Waals surface area contributed by atoms with E-state index in [1.807, 2.05) is 0 Å². The molecule has 1 aromatic carbocycles. The maximum atomic E-state index is 4.85. The number of aromatic nitrogens is 2. The Kier molecular flexibility index (Phi) is 3.05. The molecule has 0 saturated heterocycles. The molecule has 2 heterocycles. The van der Waals surface area contributed by atoms with Gasteiger partial charge in [0.1, 0.15) is 5.82 Å². The van der Waals surface area contributed by atoms with Gasteiger partial charge in [0.15, 0.2) is 0 Å². The van der Waals surface area contributed by atoms with Crippen LogP contribution in [0.2, 0.25) is 0 Å². The molecule has 19 heavy (non-hydrogen) atoms. The summed E-state index contributed by atoms with van der Waals surface area (Å²) in [4.78, 5) is 0. The van der Waals surface area contributed by atoms with Crippen LogP contribution in [0.4, 0.5) is 5.82 Å². The van der Waals surface area contributed by atoms with Crippen molar-refractivity contribution < 1.29 is 0 Å². The molecule has 2 aromatic rings.